The first-order valence-corrected chi connectivity index (χ1v) is 13.8. The average Bonchev–Trinajstić information content (AvgIpc) is 1.87. The second kappa shape index (κ2) is 4.75. The van der Waals surface area contributed by atoms with Crippen LogP contribution < -0.4 is 0 Å². The molecule has 0 unspecified atom stereocenters. The molecule has 0 radical (unpaired) electrons. The van der Waals surface area contributed by atoms with Crippen molar-refractivity contribution in [3.05, 3.63) is 22.3 Å². The summed E-state index contributed by atoms with van der Waals surface area (Å²) in [6.45, 7) is 3.80. The molecule has 11 heavy (non-hydrogen) atoms. The third-order valence-electron chi connectivity index (χ3n) is 1.49. The number of hydrogen-bond donors (Lipinski definition) is 0. The van der Waals surface area contributed by atoms with Gasteiger partial charge in [0.05, 0.1) is 0 Å². The predicted molar refractivity (Wildman–Crippen MR) is 56.0 cm³/mol. The van der Waals surface area contributed by atoms with E-state index in [1.807, 2.05) is 12.3 Å². The van der Waals surface area contributed by atoms with E-state index in [0.717, 1.165) is 0 Å². The number of allylic oxidation sites excluding steroid dienone is 3. The van der Waals surface area contributed by atoms with Gasteiger partial charge < -0.3 is 0 Å². The van der Waals surface area contributed by atoms with E-state index in [-0.39, 0.29) is 0 Å². The van der Waals surface area contributed by atoms with Crippen molar-refractivity contribution in [2.24, 2.45) is 4.99 Å². The van der Waals surface area contributed by atoms with Crippen molar-refractivity contribution < 1.29 is 0 Å². The number of hydrogen-bond acceptors (Lipinski definition) is 1. The van der Waals surface area contributed by atoms with Crippen molar-refractivity contribution in [1.29, 1.82) is 0 Å². The zero-order valence-corrected chi connectivity index (χ0v) is 10.7. The third kappa shape index (κ3) is 4.40. The third-order valence-corrected chi connectivity index (χ3v) is 7.49. The van der Waals surface area contributed by atoms with Gasteiger partial charge in [-0.1, -0.05) is 0 Å². The Morgan fingerprint density at radius 1 is 1.36 bits per heavy atom. The molecule has 62 valence electrons. The number of rotatable bonds is 3. The molecule has 0 amide bonds. The molecule has 0 aromatic rings. The average molecular weight is 258 g/mol. The SMILES string of the molecule is C=C/[C](=C\C=NC)[Sn]([CH3])([CH3])[CH3]. The Morgan fingerprint density at radius 2 is 1.91 bits per heavy atom. The van der Waals surface area contributed by atoms with Crippen LogP contribution in [0.1, 0.15) is 0 Å². The Kier molecular flexibility index (Phi) is 4.73. The quantitative estimate of drug-likeness (QED) is 0.419. The molecule has 2 heteroatoms. The van der Waals surface area contributed by atoms with Crippen LogP contribution in [0.5, 0.6) is 0 Å². The summed E-state index contributed by atoms with van der Waals surface area (Å²) in [7, 11) is 1.79. The minimum atomic E-state index is -1.86. The van der Waals surface area contributed by atoms with Gasteiger partial charge in [0.15, 0.2) is 0 Å². The molecule has 0 spiro atoms. The summed E-state index contributed by atoms with van der Waals surface area (Å²) in [5.74, 6) is 0. The van der Waals surface area contributed by atoms with Gasteiger partial charge in [-0.25, -0.2) is 0 Å². The molecule has 1 nitrogen and oxygen atoms in total. The summed E-state index contributed by atoms with van der Waals surface area (Å²) >= 11 is -1.86. The van der Waals surface area contributed by atoms with Crippen molar-refractivity contribution in [3.8, 4) is 0 Å². The number of aliphatic imine (C=N–C) groups is 1. The molecule has 0 fully saturated rings. The van der Waals surface area contributed by atoms with E-state index in [9.17, 15) is 0 Å². The second-order valence-corrected chi connectivity index (χ2v) is 18.0. The maximum atomic E-state index is 3.92. The molecular weight excluding hydrogens is 241 g/mol. The first kappa shape index (κ1) is 10.9. The fraction of sp³-hybridized carbons (Fsp3) is 0.444. The van der Waals surface area contributed by atoms with Gasteiger partial charge in [0.25, 0.3) is 0 Å². The second-order valence-electron chi connectivity index (χ2n) is 3.48. The molecule has 0 bridgehead atoms. The van der Waals surface area contributed by atoms with Gasteiger partial charge in [0.2, 0.25) is 0 Å². The van der Waals surface area contributed by atoms with Crippen molar-refractivity contribution in [1.82, 2.24) is 0 Å². The first-order valence-electron chi connectivity index (χ1n) is 3.77. The van der Waals surface area contributed by atoms with Gasteiger partial charge in [-0.2, -0.15) is 0 Å². The Balaban J connectivity index is 4.53. The molecule has 0 saturated heterocycles. The molecule has 0 rings (SSSR count). The molecular formula is C9H17NSn. The van der Waals surface area contributed by atoms with Gasteiger partial charge >= 0.3 is 73.8 Å². The van der Waals surface area contributed by atoms with Crippen molar-refractivity contribution in [2.45, 2.75) is 14.8 Å². The van der Waals surface area contributed by atoms with E-state index in [2.05, 4.69) is 32.5 Å². The Morgan fingerprint density at radius 3 is 2.18 bits per heavy atom. The molecule has 0 N–H and O–H groups in total. The normalized spacial score (nSPS) is 14.0. The van der Waals surface area contributed by atoms with Crippen LogP contribution in [0.4, 0.5) is 0 Å². The summed E-state index contributed by atoms with van der Waals surface area (Å²) in [6.07, 6.45) is 5.90. The fourth-order valence-electron chi connectivity index (χ4n) is 0.779. The minimum absolute atomic E-state index is 1.42. The number of nitrogens with zero attached hydrogens (tertiary/aromatic N) is 1. The standard InChI is InChI=1S/C6H8N.3CH3.Sn/c1-3-4-5-6-7-2;;;;/h3,5-6H,1H2,2H3;3*1H3;. The Bertz CT molecular complexity index is 184. The molecule has 0 heterocycles. The fourth-order valence-corrected chi connectivity index (χ4v) is 4.17. The van der Waals surface area contributed by atoms with E-state index in [1.54, 1.807) is 7.05 Å². The zero-order chi connectivity index (χ0) is 8.91. The summed E-state index contributed by atoms with van der Waals surface area (Å²) in [5, 5.41) is 0. The van der Waals surface area contributed by atoms with Crippen LogP contribution in [0.15, 0.2) is 27.3 Å². The van der Waals surface area contributed by atoms with Gasteiger partial charge in [-0.05, 0) is 0 Å². The Labute approximate surface area is 73.8 Å². The van der Waals surface area contributed by atoms with Crippen LogP contribution in [-0.4, -0.2) is 31.6 Å². The van der Waals surface area contributed by atoms with Gasteiger partial charge in [0, 0.05) is 0 Å². The van der Waals surface area contributed by atoms with Gasteiger partial charge in [-0.15, -0.1) is 0 Å². The molecule has 0 aromatic carbocycles. The van der Waals surface area contributed by atoms with E-state index < -0.39 is 18.4 Å². The van der Waals surface area contributed by atoms with E-state index in [0.29, 0.717) is 0 Å². The summed E-state index contributed by atoms with van der Waals surface area (Å²) in [4.78, 5) is 11.0. The monoisotopic (exact) mass is 259 g/mol. The van der Waals surface area contributed by atoms with Crippen LogP contribution in [0, 0.1) is 0 Å². The summed E-state index contributed by atoms with van der Waals surface area (Å²) < 4.78 is 1.42. The van der Waals surface area contributed by atoms with Crippen LogP contribution in [-0.2, 0) is 0 Å². The Hall–Kier alpha value is -0.0513. The van der Waals surface area contributed by atoms with Crippen LogP contribution in [0.3, 0.4) is 0 Å². The van der Waals surface area contributed by atoms with Crippen molar-refractivity contribution in [3.63, 3.8) is 0 Å². The van der Waals surface area contributed by atoms with Crippen molar-refractivity contribution in [2.75, 3.05) is 7.05 Å². The van der Waals surface area contributed by atoms with Gasteiger partial charge in [-0.3, -0.25) is 0 Å². The molecule has 0 aliphatic carbocycles. The topological polar surface area (TPSA) is 12.4 Å². The summed E-state index contributed by atoms with van der Waals surface area (Å²) in [5.41, 5.74) is 0. The maximum absolute atomic E-state index is 3.92. The zero-order valence-electron chi connectivity index (χ0n) is 7.89. The molecule has 0 aromatic heterocycles. The first-order chi connectivity index (χ1) is 5.02. The molecule has 0 aliphatic heterocycles. The van der Waals surface area contributed by atoms with E-state index in [4.69, 9.17) is 0 Å². The molecule has 0 atom stereocenters. The van der Waals surface area contributed by atoms with E-state index >= 15 is 0 Å². The van der Waals surface area contributed by atoms with Crippen LogP contribution in [0.2, 0.25) is 14.8 Å². The van der Waals surface area contributed by atoms with Crippen LogP contribution >= 0.6 is 0 Å². The molecule has 0 saturated carbocycles. The van der Waals surface area contributed by atoms with Gasteiger partial charge in [0.1, 0.15) is 0 Å². The van der Waals surface area contributed by atoms with Crippen LogP contribution in [0.25, 0.3) is 0 Å². The predicted octanol–water partition coefficient (Wildman–Crippen LogP) is 2.68. The van der Waals surface area contributed by atoms with E-state index in [1.165, 1.54) is 3.59 Å². The summed E-state index contributed by atoms with van der Waals surface area (Å²) in [6, 6.07) is 0. The molecule has 0 aliphatic rings. The van der Waals surface area contributed by atoms with Crippen molar-refractivity contribution >= 4 is 24.6 Å².